The molecule has 0 aliphatic heterocycles. The molecule has 16 heavy (non-hydrogen) atoms. The van der Waals surface area contributed by atoms with E-state index in [4.69, 9.17) is 9.90 Å². The number of carbonyl (C=O) groups is 1. The lowest BCUT2D eigenvalue weighted by Crippen LogP contribution is -2.32. The molecule has 0 radical (unpaired) electrons. The van der Waals surface area contributed by atoms with E-state index in [1.807, 2.05) is 0 Å². The third-order valence-corrected chi connectivity index (χ3v) is 3.62. The quantitative estimate of drug-likeness (QED) is 0.564. The highest BCUT2D eigenvalue weighted by Gasteiger charge is 2.34. The summed E-state index contributed by atoms with van der Waals surface area (Å²) in [6.45, 7) is 9.03. The van der Waals surface area contributed by atoms with Crippen LogP contribution >= 0.6 is 0 Å². The smallest absolute Gasteiger partial charge is 0.290 e. The van der Waals surface area contributed by atoms with Gasteiger partial charge in [-0.3, -0.25) is 4.79 Å². The number of allylic oxidation sites excluding steroid dienone is 1. The molecule has 0 aromatic heterocycles. The molecule has 0 amide bonds. The fraction of sp³-hybridized carbons (Fsp3) is 0.769. The molecule has 0 saturated heterocycles. The van der Waals surface area contributed by atoms with E-state index in [1.165, 1.54) is 24.0 Å². The monoisotopic (exact) mass is 228 g/mol. The van der Waals surface area contributed by atoms with Gasteiger partial charge in [0, 0.05) is 5.92 Å². The number of hydrogen-bond donors (Lipinski definition) is 2. The molecule has 1 rings (SSSR count). The van der Waals surface area contributed by atoms with Crippen molar-refractivity contribution in [3.05, 3.63) is 11.1 Å². The van der Waals surface area contributed by atoms with Gasteiger partial charge in [-0.2, -0.15) is 0 Å². The van der Waals surface area contributed by atoms with Crippen LogP contribution in [0.5, 0.6) is 0 Å². The minimum atomic E-state index is -0.250. The number of carboxylic acid groups (broad SMARTS) is 1. The van der Waals surface area contributed by atoms with Gasteiger partial charge in [-0.1, -0.05) is 31.9 Å². The van der Waals surface area contributed by atoms with Crippen LogP contribution in [0.1, 0.15) is 47.0 Å². The molecule has 0 aromatic carbocycles. The van der Waals surface area contributed by atoms with Crippen LogP contribution < -0.4 is 0 Å². The minimum Gasteiger partial charge on any atom is -0.483 e. The molecule has 0 fully saturated rings. The first kappa shape index (κ1) is 15.2. The summed E-state index contributed by atoms with van der Waals surface area (Å²) in [5.74, 6) is 0.395. The predicted molar refractivity (Wildman–Crippen MR) is 65.3 cm³/mol. The standard InChI is InChI=1S/C12H22O.CH2O2/c1-5-10-9(2)6-7-12(3,4)11(10)8-13;2-1-3/h11,13H,5-8H2,1-4H3;1H,(H,2,3). The average Bonchev–Trinajstić information content (AvgIpc) is 2.22. The summed E-state index contributed by atoms with van der Waals surface area (Å²) in [5.41, 5.74) is 3.30. The molecule has 0 heterocycles. The number of rotatable bonds is 2. The zero-order valence-corrected chi connectivity index (χ0v) is 10.8. The van der Waals surface area contributed by atoms with Crippen LogP contribution in [-0.2, 0) is 4.79 Å². The van der Waals surface area contributed by atoms with Gasteiger partial charge < -0.3 is 10.2 Å². The molecule has 0 bridgehead atoms. The van der Waals surface area contributed by atoms with Gasteiger partial charge in [0.05, 0.1) is 6.61 Å². The zero-order valence-electron chi connectivity index (χ0n) is 10.8. The molecule has 3 nitrogen and oxygen atoms in total. The van der Waals surface area contributed by atoms with Crippen molar-refractivity contribution >= 4 is 6.47 Å². The fourth-order valence-electron chi connectivity index (χ4n) is 2.52. The Morgan fingerprint density at radius 2 is 2.00 bits per heavy atom. The van der Waals surface area contributed by atoms with Gasteiger partial charge in [-0.15, -0.1) is 0 Å². The van der Waals surface area contributed by atoms with Crippen LogP contribution in [0, 0.1) is 11.3 Å². The largest absolute Gasteiger partial charge is 0.483 e. The minimum absolute atomic E-state index is 0.250. The van der Waals surface area contributed by atoms with E-state index in [0.717, 1.165) is 6.42 Å². The summed E-state index contributed by atoms with van der Waals surface area (Å²) in [5, 5.41) is 16.3. The van der Waals surface area contributed by atoms with Crippen LogP contribution in [0.3, 0.4) is 0 Å². The van der Waals surface area contributed by atoms with Gasteiger partial charge in [0.1, 0.15) is 0 Å². The molecule has 1 aliphatic rings. The van der Waals surface area contributed by atoms with Gasteiger partial charge >= 0.3 is 0 Å². The van der Waals surface area contributed by atoms with Crippen molar-refractivity contribution < 1.29 is 15.0 Å². The first-order chi connectivity index (χ1) is 7.44. The maximum atomic E-state index is 9.41. The highest BCUT2D eigenvalue weighted by molar-refractivity contribution is 5.32. The molecule has 94 valence electrons. The highest BCUT2D eigenvalue weighted by atomic mass is 16.3. The Balaban J connectivity index is 0.000000673. The van der Waals surface area contributed by atoms with Crippen molar-refractivity contribution in [2.24, 2.45) is 11.3 Å². The van der Waals surface area contributed by atoms with Crippen molar-refractivity contribution in [1.29, 1.82) is 0 Å². The molecule has 0 aromatic rings. The van der Waals surface area contributed by atoms with E-state index < -0.39 is 0 Å². The summed E-state index contributed by atoms with van der Waals surface area (Å²) >= 11 is 0. The van der Waals surface area contributed by atoms with E-state index in [0.29, 0.717) is 17.9 Å². The topological polar surface area (TPSA) is 57.5 Å². The number of aliphatic hydroxyl groups excluding tert-OH is 1. The summed E-state index contributed by atoms with van der Waals surface area (Å²) in [6, 6.07) is 0. The summed E-state index contributed by atoms with van der Waals surface area (Å²) in [4.78, 5) is 8.36. The summed E-state index contributed by atoms with van der Waals surface area (Å²) in [7, 11) is 0. The van der Waals surface area contributed by atoms with Gasteiger partial charge in [0.15, 0.2) is 0 Å². The number of aliphatic hydroxyl groups is 1. The molecule has 2 N–H and O–H groups in total. The Bertz CT molecular complexity index is 254. The lowest BCUT2D eigenvalue weighted by Gasteiger charge is -2.40. The van der Waals surface area contributed by atoms with Crippen molar-refractivity contribution in [3.8, 4) is 0 Å². The van der Waals surface area contributed by atoms with E-state index >= 15 is 0 Å². The first-order valence-corrected chi connectivity index (χ1v) is 5.81. The highest BCUT2D eigenvalue weighted by Crippen LogP contribution is 2.44. The first-order valence-electron chi connectivity index (χ1n) is 5.81. The lowest BCUT2D eigenvalue weighted by molar-refractivity contribution is -0.122. The van der Waals surface area contributed by atoms with Crippen LogP contribution in [-0.4, -0.2) is 23.3 Å². The third-order valence-electron chi connectivity index (χ3n) is 3.62. The predicted octanol–water partition coefficient (Wildman–Crippen LogP) is 2.84. The van der Waals surface area contributed by atoms with E-state index in [2.05, 4.69) is 27.7 Å². The second-order valence-corrected chi connectivity index (χ2v) is 4.99. The van der Waals surface area contributed by atoms with Crippen LogP contribution in [0.25, 0.3) is 0 Å². The molecule has 1 atom stereocenters. The fourth-order valence-corrected chi connectivity index (χ4v) is 2.52. The van der Waals surface area contributed by atoms with Gasteiger partial charge in [0.2, 0.25) is 0 Å². The summed E-state index contributed by atoms with van der Waals surface area (Å²) in [6.07, 6.45) is 3.53. The molecule has 1 aliphatic carbocycles. The van der Waals surface area contributed by atoms with Crippen LogP contribution in [0.2, 0.25) is 0 Å². The SMILES string of the molecule is CCC1=C(C)CCC(C)(C)C1CO.O=CO. The van der Waals surface area contributed by atoms with Crippen molar-refractivity contribution in [2.45, 2.75) is 47.0 Å². The Kier molecular flexibility index (Phi) is 6.34. The lowest BCUT2D eigenvalue weighted by atomic mass is 9.66. The maximum Gasteiger partial charge on any atom is 0.290 e. The van der Waals surface area contributed by atoms with Crippen LogP contribution in [0.15, 0.2) is 11.1 Å². The van der Waals surface area contributed by atoms with Crippen LogP contribution in [0.4, 0.5) is 0 Å². The van der Waals surface area contributed by atoms with E-state index in [9.17, 15) is 5.11 Å². The Labute approximate surface area is 98.2 Å². The van der Waals surface area contributed by atoms with Gasteiger partial charge in [-0.25, -0.2) is 0 Å². The van der Waals surface area contributed by atoms with Crippen molar-refractivity contribution in [2.75, 3.05) is 6.61 Å². The summed E-state index contributed by atoms with van der Waals surface area (Å²) < 4.78 is 0. The molecule has 1 unspecified atom stereocenters. The van der Waals surface area contributed by atoms with E-state index in [1.54, 1.807) is 0 Å². The second kappa shape index (κ2) is 6.69. The van der Waals surface area contributed by atoms with Crippen molar-refractivity contribution in [1.82, 2.24) is 0 Å². The molecular formula is C13H24O3. The molecular weight excluding hydrogens is 204 g/mol. The Morgan fingerprint density at radius 3 is 2.31 bits per heavy atom. The normalized spacial score (nSPS) is 23.4. The third kappa shape index (κ3) is 3.63. The molecule has 0 saturated carbocycles. The second-order valence-electron chi connectivity index (χ2n) is 4.99. The van der Waals surface area contributed by atoms with Crippen molar-refractivity contribution in [3.63, 3.8) is 0 Å². The maximum absolute atomic E-state index is 9.41. The van der Waals surface area contributed by atoms with Gasteiger partial charge in [-0.05, 0) is 31.6 Å². The Morgan fingerprint density at radius 1 is 1.50 bits per heavy atom. The van der Waals surface area contributed by atoms with E-state index in [-0.39, 0.29) is 6.47 Å². The number of hydrogen-bond acceptors (Lipinski definition) is 2. The average molecular weight is 228 g/mol. The Hall–Kier alpha value is -0.830. The van der Waals surface area contributed by atoms with Gasteiger partial charge in [0.25, 0.3) is 6.47 Å². The zero-order chi connectivity index (χ0) is 12.8. The molecule has 3 heteroatoms. The molecule has 0 spiro atoms.